The van der Waals surface area contributed by atoms with Crippen LogP contribution in [0.3, 0.4) is 0 Å². The van der Waals surface area contributed by atoms with Gasteiger partial charge in [-0.3, -0.25) is 0 Å². The van der Waals surface area contributed by atoms with Gasteiger partial charge >= 0.3 is 0 Å². The summed E-state index contributed by atoms with van der Waals surface area (Å²) in [4.78, 5) is 2.44. The SMILES string of the molecule is CCCCCCCCCC1(O)CCN(CC)CC1. The fourth-order valence-corrected chi connectivity index (χ4v) is 2.95. The number of hydrogen-bond donors (Lipinski definition) is 1. The number of hydrogen-bond acceptors (Lipinski definition) is 2. The van der Waals surface area contributed by atoms with Crippen molar-refractivity contribution in [3.63, 3.8) is 0 Å². The van der Waals surface area contributed by atoms with Crippen LogP contribution >= 0.6 is 0 Å². The van der Waals surface area contributed by atoms with E-state index in [-0.39, 0.29) is 5.60 Å². The van der Waals surface area contributed by atoms with E-state index in [1.165, 1.54) is 44.9 Å². The van der Waals surface area contributed by atoms with E-state index in [1.54, 1.807) is 0 Å². The molecule has 0 atom stereocenters. The molecule has 0 radical (unpaired) electrons. The molecule has 0 aromatic heterocycles. The fourth-order valence-electron chi connectivity index (χ4n) is 2.95. The lowest BCUT2D eigenvalue weighted by molar-refractivity contribution is -0.0281. The highest BCUT2D eigenvalue weighted by atomic mass is 16.3. The minimum absolute atomic E-state index is 0.338. The Hall–Kier alpha value is -0.0800. The molecule has 2 heteroatoms. The molecule has 0 bridgehead atoms. The van der Waals surface area contributed by atoms with E-state index < -0.39 is 0 Å². The molecule has 0 aromatic rings. The van der Waals surface area contributed by atoms with E-state index in [1.807, 2.05) is 0 Å². The van der Waals surface area contributed by atoms with Gasteiger partial charge in [0.2, 0.25) is 0 Å². The first-order valence-corrected chi connectivity index (χ1v) is 8.15. The lowest BCUT2D eigenvalue weighted by Gasteiger charge is -2.37. The third-order valence-corrected chi connectivity index (χ3v) is 4.48. The number of aliphatic hydroxyl groups is 1. The summed E-state index contributed by atoms with van der Waals surface area (Å²) in [5.41, 5.74) is -0.338. The third-order valence-electron chi connectivity index (χ3n) is 4.48. The Bertz CT molecular complexity index is 197. The molecule has 0 spiro atoms. The van der Waals surface area contributed by atoms with E-state index in [0.717, 1.165) is 38.9 Å². The number of likely N-dealkylation sites (tertiary alicyclic amines) is 1. The van der Waals surface area contributed by atoms with Crippen molar-refractivity contribution in [2.75, 3.05) is 19.6 Å². The van der Waals surface area contributed by atoms with Crippen LogP contribution in [-0.4, -0.2) is 35.2 Å². The molecule has 108 valence electrons. The quantitative estimate of drug-likeness (QED) is 0.630. The third kappa shape index (κ3) is 6.19. The van der Waals surface area contributed by atoms with Gasteiger partial charge in [-0.05, 0) is 25.8 Å². The molecule has 1 fully saturated rings. The van der Waals surface area contributed by atoms with Crippen LogP contribution in [0.1, 0.15) is 78.1 Å². The molecular formula is C16H33NO. The van der Waals surface area contributed by atoms with Gasteiger partial charge in [0.25, 0.3) is 0 Å². The number of rotatable bonds is 9. The second kappa shape index (κ2) is 8.92. The fraction of sp³-hybridized carbons (Fsp3) is 1.00. The standard InChI is InChI=1S/C16H33NO/c1-3-5-6-7-8-9-10-11-16(18)12-14-17(4-2)15-13-16/h18H,3-15H2,1-2H3. The van der Waals surface area contributed by atoms with Crippen LogP contribution in [0.4, 0.5) is 0 Å². The summed E-state index contributed by atoms with van der Waals surface area (Å²) in [5, 5.41) is 10.5. The molecule has 0 aromatic carbocycles. The monoisotopic (exact) mass is 255 g/mol. The zero-order chi connectivity index (χ0) is 13.3. The summed E-state index contributed by atoms with van der Waals surface area (Å²) >= 11 is 0. The summed E-state index contributed by atoms with van der Waals surface area (Å²) in [6, 6.07) is 0. The number of piperidine rings is 1. The van der Waals surface area contributed by atoms with Gasteiger partial charge in [0.15, 0.2) is 0 Å². The van der Waals surface area contributed by atoms with Gasteiger partial charge in [-0.2, -0.15) is 0 Å². The maximum atomic E-state index is 10.5. The van der Waals surface area contributed by atoms with E-state index in [2.05, 4.69) is 18.7 Å². The molecule has 1 heterocycles. The molecular weight excluding hydrogens is 222 g/mol. The molecule has 1 saturated heterocycles. The highest BCUT2D eigenvalue weighted by Gasteiger charge is 2.30. The summed E-state index contributed by atoms with van der Waals surface area (Å²) in [5.74, 6) is 0. The molecule has 0 aliphatic carbocycles. The first-order valence-electron chi connectivity index (χ1n) is 8.15. The van der Waals surface area contributed by atoms with E-state index >= 15 is 0 Å². The molecule has 1 aliphatic rings. The predicted octanol–water partition coefficient (Wildman–Crippen LogP) is 3.97. The first kappa shape index (κ1) is 16.0. The zero-order valence-corrected chi connectivity index (χ0v) is 12.6. The molecule has 18 heavy (non-hydrogen) atoms. The van der Waals surface area contributed by atoms with Crippen molar-refractivity contribution in [3.05, 3.63) is 0 Å². The van der Waals surface area contributed by atoms with Crippen LogP contribution in [0.15, 0.2) is 0 Å². The highest BCUT2D eigenvalue weighted by Crippen LogP contribution is 2.27. The average Bonchev–Trinajstić information content (AvgIpc) is 2.39. The molecule has 2 nitrogen and oxygen atoms in total. The second-order valence-electron chi connectivity index (χ2n) is 6.03. The minimum Gasteiger partial charge on any atom is -0.390 e. The Morgan fingerprint density at radius 1 is 0.889 bits per heavy atom. The summed E-state index contributed by atoms with van der Waals surface area (Å²) in [6.45, 7) is 7.78. The summed E-state index contributed by atoms with van der Waals surface area (Å²) < 4.78 is 0. The van der Waals surface area contributed by atoms with Crippen LogP contribution < -0.4 is 0 Å². The Kier molecular flexibility index (Phi) is 7.92. The lowest BCUT2D eigenvalue weighted by Crippen LogP contribution is -2.44. The second-order valence-corrected chi connectivity index (χ2v) is 6.03. The van der Waals surface area contributed by atoms with Crippen LogP contribution in [0.25, 0.3) is 0 Å². The number of nitrogens with zero attached hydrogens (tertiary/aromatic N) is 1. The van der Waals surface area contributed by atoms with E-state index in [4.69, 9.17) is 0 Å². The van der Waals surface area contributed by atoms with Gasteiger partial charge in [-0.15, -0.1) is 0 Å². The van der Waals surface area contributed by atoms with Crippen LogP contribution in [0, 0.1) is 0 Å². The normalized spacial score (nSPS) is 20.2. The van der Waals surface area contributed by atoms with Gasteiger partial charge in [-0.25, -0.2) is 0 Å². The van der Waals surface area contributed by atoms with E-state index in [0.29, 0.717) is 0 Å². The Morgan fingerprint density at radius 3 is 2.00 bits per heavy atom. The molecule has 0 saturated carbocycles. The Balaban J connectivity index is 2.01. The molecule has 1 aliphatic heterocycles. The van der Waals surface area contributed by atoms with Gasteiger partial charge in [0.1, 0.15) is 0 Å². The zero-order valence-electron chi connectivity index (χ0n) is 12.6. The first-order chi connectivity index (χ1) is 8.70. The van der Waals surface area contributed by atoms with Crippen LogP contribution in [0.2, 0.25) is 0 Å². The maximum absolute atomic E-state index is 10.5. The van der Waals surface area contributed by atoms with Crippen LogP contribution in [0.5, 0.6) is 0 Å². The van der Waals surface area contributed by atoms with E-state index in [9.17, 15) is 5.11 Å². The van der Waals surface area contributed by atoms with Crippen molar-refractivity contribution in [2.45, 2.75) is 83.7 Å². The van der Waals surface area contributed by atoms with Crippen molar-refractivity contribution >= 4 is 0 Å². The van der Waals surface area contributed by atoms with Crippen molar-refractivity contribution in [2.24, 2.45) is 0 Å². The average molecular weight is 255 g/mol. The van der Waals surface area contributed by atoms with Crippen molar-refractivity contribution in [1.29, 1.82) is 0 Å². The predicted molar refractivity (Wildman–Crippen MR) is 78.9 cm³/mol. The smallest absolute Gasteiger partial charge is 0.0672 e. The summed E-state index contributed by atoms with van der Waals surface area (Å²) in [6.07, 6.45) is 12.4. The minimum atomic E-state index is -0.338. The molecule has 0 unspecified atom stereocenters. The Morgan fingerprint density at radius 2 is 1.44 bits per heavy atom. The largest absolute Gasteiger partial charge is 0.390 e. The summed E-state index contributed by atoms with van der Waals surface area (Å²) in [7, 11) is 0. The number of unbranched alkanes of at least 4 members (excludes halogenated alkanes) is 6. The van der Waals surface area contributed by atoms with Gasteiger partial charge in [-0.1, -0.05) is 58.8 Å². The topological polar surface area (TPSA) is 23.5 Å². The molecule has 1 N–H and O–H groups in total. The Labute approximate surface area is 114 Å². The molecule has 0 amide bonds. The van der Waals surface area contributed by atoms with Gasteiger partial charge in [0, 0.05) is 13.1 Å². The van der Waals surface area contributed by atoms with Crippen molar-refractivity contribution in [3.8, 4) is 0 Å². The molecule has 1 rings (SSSR count). The maximum Gasteiger partial charge on any atom is 0.0672 e. The van der Waals surface area contributed by atoms with Gasteiger partial charge in [0.05, 0.1) is 5.60 Å². The van der Waals surface area contributed by atoms with Crippen molar-refractivity contribution in [1.82, 2.24) is 4.90 Å². The van der Waals surface area contributed by atoms with Gasteiger partial charge < -0.3 is 10.0 Å². The van der Waals surface area contributed by atoms with Crippen molar-refractivity contribution < 1.29 is 5.11 Å². The lowest BCUT2D eigenvalue weighted by atomic mass is 9.86. The highest BCUT2D eigenvalue weighted by molar-refractivity contribution is 4.85. The van der Waals surface area contributed by atoms with Crippen LogP contribution in [-0.2, 0) is 0 Å².